The van der Waals surface area contributed by atoms with Crippen LogP contribution >= 0.6 is 0 Å². The van der Waals surface area contributed by atoms with E-state index >= 15 is 0 Å². The third kappa shape index (κ3) is 2.99. The maximum absolute atomic E-state index is 13.4. The second kappa shape index (κ2) is 5.07. The first-order valence-electron chi connectivity index (χ1n) is 6.59. The van der Waals surface area contributed by atoms with Gasteiger partial charge in [-0.25, -0.2) is 4.39 Å². The molecule has 1 aliphatic rings. The lowest BCUT2D eigenvalue weighted by Crippen LogP contribution is -2.30. The molecule has 3 unspecified atom stereocenters. The molecule has 1 aromatic rings. The topological polar surface area (TPSA) is 12.0 Å². The van der Waals surface area contributed by atoms with Crippen LogP contribution in [0.2, 0.25) is 0 Å². The zero-order valence-electron chi connectivity index (χ0n) is 11.0. The number of nitrogens with one attached hydrogen (secondary N) is 1. The smallest absolute Gasteiger partial charge is 0.128 e. The third-order valence-corrected chi connectivity index (χ3v) is 4.14. The summed E-state index contributed by atoms with van der Waals surface area (Å²) < 4.78 is 13.4. The number of anilines is 1. The summed E-state index contributed by atoms with van der Waals surface area (Å²) in [6.07, 6.45) is 3.66. The average Bonchev–Trinajstić information content (AvgIpc) is 2.29. The van der Waals surface area contributed by atoms with Crippen molar-refractivity contribution in [1.82, 2.24) is 0 Å². The Labute approximate surface area is 103 Å². The highest BCUT2D eigenvalue weighted by Gasteiger charge is 2.24. The number of aryl methyl sites for hydroxylation is 1. The van der Waals surface area contributed by atoms with Gasteiger partial charge in [0.25, 0.3) is 0 Å². The maximum Gasteiger partial charge on any atom is 0.128 e. The predicted octanol–water partition coefficient (Wildman–Crippen LogP) is 4.37. The van der Waals surface area contributed by atoms with Gasteiger partial charge in [-0.05, 0) is 55.7 Å². The standard InChI is InChI=1S/C15H22FN/c1-10-4-6-13(8-12(10)3)17-14-7-5-11(2)15(16)9-14/h5,7,9-10,12-13,17H,4,6,8H2,1-3H3. The van der Waals surface area contributed by atoms with Crippen molar-refractivity contribution in [2.45, 2.75) is 46.1 Å². The number of rotatable bonds is 2. The van der Waals surface area contributed by atoms with E-state index in [1.165, 1.54) is 19.3 Å². The minimum atomic E-state index is -0.118. The number of hydrogen-bond acceptors (Lipinski definition) is 1. The van der Waals surface area contributed by atoms with Gasteiger partial charge in [-0.3, -0.25) is 0 Å². The first-order chi connectivity index (χ1) is 8.06. The van der Waals surface area contributed by atoms with Gasteiger partial charge in [-0.15, -0.1) is 0 Å². The maximum atomic E-state index is 13.4. The lowest BCUT2D eigenvalue weighted by molar-refractivity contribution is 0.261. The quantitative estimate of drug-likeness (QED) is 0.802. The van der Waals surface area contributed by atoms with Crippen molar-refractivity contribution in [3.63, 3.8) is 0 Å². The molecule has 0 saturated heterocycles. The zero-order chi connectivity index (χ0) is 12.4. The summed E-state index contributed by atoms with van der Waals surface area (Å²) in [7, 11) is 0. The largest absolute Gasteiger partial charge is 0.382 e. The fraction of sp³-hybridized carbons (Fsp3) is 0.600. The van der Waals surface area contributed by atoms with Crippen LogP contribution in [0, 0.1) is 24.6 Å². The summed E-state index contributed by atoms with van der Waals surface area (Å²) >= 11 is 0. The van der Waals surface area contributed by atoms with E-state index in [-0.39, 0.29) is 5.82 Å². The second-order valence-electron chi connectivity index (χ2n) is 5.57. The minimum Gasteiger partial charge on any atom is -0.382 e. The molecule has 17 heavy (non-hydrogen) atoms. The summed E-state index contributed by atoms with van der Waals surface area (Å²) in [4.78, 5) is 0. The van der Waals surface area contributed by atoms with Crippen molar-refractivity contribution in [3.05, 3.63) is 29.6 Å². The van der Waals surface area contributed by atoms with E-state index in [9.17, 15) is 4.39 Å². The van der Waals surface area contributed by atoms with Gasteiger partial charge in [0.2, 0.25) is 0 Å². The van der Waals surface area contributed by atoms with Crippen LogP contribution < -0.4 is 5.32 Å². The molecule has 2 heteroatoms. The van der Waals surface area contributed by atoms with Crippen LogP contribution in [0.1, 0.15) is 38.7 Å². The van der Waals surface area contributed by atoms with Crippen LogP contribution in [0.15, 0.2) is 18.2 Å². The van der Waals surface area contributed by atoms with E-state index in [1.807, 2.05) is 12.1 Å². The molecule has 1 saturated carbocycles. The Hall–Kier alpha value is -1.05. The summed E-state index contributed by atoms with van der Waals surface area (Å²) in [5, 5.41) is 3.46. The Bertz CT molecular complexity index is 389. The van der Waals surface area contributed by atoms with E-state index < -0.39 is 0 Å². The fourth-order valence-electron chi connectivity index (χ4n) is 2.60. The molecule has 1 aromatic carbocycles. The first kappa shape index (κ1) is 12.4. The Kier molecular flexibility index (Phi) is 3.70. The first-order valence-corrected chi connectivity index (χ1v) is 6.59. The molecule has 1 N–H and O–H groups in total. The monoisotopic (exact) mass is 235 g/mol. The molecular formula is C15H22FN. The third-order valence-electron chi connectivity index (χ3n) is 4.14. The highest BCUT2D eigenvalue weighted by molar-refractivity contribution is 5.46. The molecule has 3 atom stereocenters. The summed E-state index contributed by atoms with van der Waals surface area (Å²) in [6.45, 7) is 6.43. The van der Waals surface area contributed by atoms with Crippen molar-refractivity contribution in [2.24, 2.45) is 11.8 Å². The van der Waals surface area contributed by atoms with Crippen LogP contribution in [0.3, 0.4) is 0 Å². The molecule has 0 aromatic heterocycles. The van der Waals surface area contributed by atoms with Crippen LogP contribution in [0.5, 0.6) is 0 Å². The molecule has 1 aliphatic carbocycles. The molecular weight excluding hydrogens is 213 g/mol. The van der Waals surface area contributed by atoms with Gasteiger partial charge in [-0.2, -0.15) is 0 Å². The number of halogens is 1. The van der Waals surface area contributed by atoms with Crippen molar-refractivity contribution >= 4 is 5.69 Å². The molecule has 0 amide bonds. The van der Waals surface area contributed by atoms with Gasteiger partial charge in [0.05, 0.1) is 0 Å². The Morgan fingerprint density at radius 1 is 1.18 bits per heavy atom. The van der Waals surface area contributed by atoms with Gasteiger partial charge >= 0.3 is 0 Å². The van der Waals surface area contributed by atoms with Crippen LogP contribution in [0.25, 0.3) is 0 Å². The minimum absolute atomic E-state index is 0.118. The molecule has 0 bridgehead atoms. The molecule has 0 spiro atoms. The van der Waals surface area contributed by atoms with Gasteiger partial charge in [-0.1, -0.05) is 19.9 Å². The summed E-state index contributed by atoms with van der Waals surface area (Å²) in [5.41, 5.74) is 1.63. The van der Waals surface area contributed by atoms with Gasteiger partial charge in [0, 0.05) is 11.7 Å². The molecule has 1 fully saturated rings. The Balaban J connectivity index is 1.99. The van der Waals surface area contributed by atoms with E-state index in [0.29, 0.717) is 11.6 Å². The van der Waals surface area contributed by atoms with Crippen molar-refractivity contribution in [1.29, 1.82) is 0 Å². The normalized spacial score (nSPS) is 29.1. The molecule has 94 valence electrons. The van der Waals surface area contributed by atoms with Crippen molar-refractivity contribution < 1.29 is 4.39 Å². The average molecular weight is 235 g/mol. The van der Waals surface area contributed by atoms with Crippen LogP contribution in [0.4, 0.5) is 10.1 Å². The van der Waals surface area contributed by atoms with Gasteiger partial charge < -0.3 is 5.32 Å². The second-order valence-corrected chi connectivity index (χ2v) is 5.57. The highest BCUT2D eigenvalue weighted by atomic mass is 19.1. The van der Waals surface area contributed by atoms with Crippen molar-refractivity contribution in [3.8, 4) is 0 Å². The Morgan fingerprint density at radius 3 is 2.59 bits per heavy atom. The van der Waals surface area contributed by atoms with E-state index in [4.69, 9.17) is 0 Å². The molecule has 0 aliphatic heterocycles. The number of hydrogen-bond donors (Lipinski definition) is 1. The van der Waals surface area contributed by atoms with E-state index in [2.05, 4.69) is 19.2 Å². The molecule has 2 rings (SSSR count). The van der Waals surface area contributed by atoms with Crippen LogP contribution in [-0.4, -0.2) is 6.04 Å². The lowest BCUT2D eigenvalue weighted by Gasteiger charge is -2.33. The Morgan fingerprint density at radius 2 is 1.94 bits per heavy atom. The summed E-state index contributed by atoms with van der Waals surface area (Å²) in [6, 6.07) is 5.93. The molecule has 0 radical (unpaired) electrons. The SMILES string of the molecule is Cc1ccc(NC2CCC(C)C(C)C2)cc1F. The van der Waals surface area contributed by atoms with Crippen molar-refractivity contribution in [2.75, 3.05) is 5.32 Å². The fourth-order valence-corrected chi connectivity index (χ4v) is 2.60. The highest BCUT2D eigenvalue weighted by Crippen LogP contribution is 2.31. The zero-order valence-corrected chi connectivity index (χ0v) is 11.0. The predicted molar refractivity (Wildman–Crippen MR) is 70.7 cm³/mol. The van der Waals surface area contributed by atoms with E-state index in [1.54, 1.807) is 13.0 Å². The van der Waals surface area contributed by atoms with E-state index in [0.717, 1.165) is 17.5 Å². The summed E-state index contributed by atoms with van der Waals surface area (Å²) in [5.74, 6) is 1.46. The lowest BCUT2D eigenvalue weighted by atomic mass is 9.79. The van der Waals surface area contributed by atoms with Gasteiger partial charge in [0.15, 0.2) is 0 Å². The number of benzene rings is 1. The van der Waals surface area contributed by atoms with Gasteiger partial charge in [0.1, 0.15) is 5.82 Å². The molecule has 0 heterocycles. The molecule has 1 nitrogen and oxygen atoms in total. The van der Waals surface area contributed by atoms with Crippen LogP contribution in [-0.2, 0) is 0 Å².